The molecule has 0 saturated heterocycles. The molecular formula is C24H17Cl3O4. The van der Waals surface area contributed by atoms with Crippen LogP contribution in [-0.4, -0.2) is 13.1 Å². The van der Waals surface area contributed by atoms with E-state index in [2.05, 4.69) is 0 Å². The van der Waals surface area contributed by atoms with Gasteiger partial charge in [0.2, 0.25) is 0 Å². The van der Waals surface area contributed by atoms with Crippen LogP contribution in [0.1, 0.15) is 11.1 Å². The Hall–Kier alpha value is -2.66. The molecule has 0 aliphatic rings. The van der Waals surface area contributed by atoms with E-state index >= 15 is 0 Å². The summed E-state index contributed by atoms with van der Waals surface area (Å²) in [7, 11) is 1.36. The molecular weight excluding hydrogens is 459 g/mol. The summed E-state index contributed by atoms with van der Waals surface area (Å²) in [6.45, 7) is 0.248. The second-order valence-corrected chi connectivity index (χ2v) is 8.17. The van der Waals surface area contributed by atoms with E-state index in [0.717, 1.165) is 27.6 Å². The van der Waals surface area contributed by atoms with Gasteiger partial charge in [0, 0.05) is 43.2 Å². The Morgan fingerprint density at radius 2 is 1.68 bits per heavy atom. The van der Waals surface area contributed by atoms with Gasteiger partial charge in [0.15, 0.2) is 0 Å². The predicted octanol–water partition coefficient (Wildman–Crippen LogP) is 7.35. The van der Waals surface area contributed by atoms with E-state index in [9.17, 15) is 4.79 Å². The molecule has 7 heteroatoms. The number of hydrogen-bond acceptors (Lipinski definition) is 4. The maximum atomic E-state index is 11.8. The van der Waals surface area contributed by atoms with Gasteiger partial charge in [0.1, 0.15) is 17.9 Å². The van der Waals surface area contributed by atoms with Crippen LogP contribution < -0.4 is 4.74 Å². The van der Waals surface area contributed by atoms with Crippen LogP contribution in [-0.2, 0) is 22.6 Å². The van der Waals surface area contributed by atoms with Gasteiger partial charge in [-0.2, -0.15) is 0 Å². The van der Waals surface area contributed by atoms with Crippen molar-refractivity contribution in [2.75, 3.05) is 7.11 Å². The number of hydrogen-bond donors (Lipinski definition) is 0. The molecule has 0 N–H and O–H groups in total. The van der Waals surface area contributed by atoms with Crippen LogP contribution in [0.3, 0.4) is 0 Å². The first-order chi connectivity index (χ1) is 14.9. The van der Waals surface area contributed by atoms with Gasteiger partial charge in [0.25, 0.3) is 0 Å². The van der Waals surface area contributed by atoms with Crippen molar-refractivity contribution in [2.24, 2.45) is 0 Å². The lowest BCUT2D eigenvalue weighted by molar-refractivity contribution is -0.139. The number of carbonyl (C=O) groups excluding carboxylic acids is 1. The molecule has 0 aliphatic heterocycles. The van der Waals surface area contributed by atoms with E-state index < -0.39 is 0 Å². The molecule has 4 nitrogen and oxygen atoms in total. The minimum Gasteiger partial charge on any atom is -0.488 e. The van der Waals surface area contributed by atoms with Crippen LogP contribution in [0, 0.1) is 0 Å². The number of ether oxygens (including phenoxy) is 2. The first-order valence-corrected chi connectivity index (χ1v) is 10.5. The predicted molar refractivity (Wildman–Crippen MR) is 123 cm³/mol. The normalized spacial score (nSPS) is 11.0. The molecule has 1 heterocycles. The summed E-state index contributed by atoms with van der Waals surface area (Å²) >= 11 is 18.3. The molecule has 31 heavy (non-hydrogen) atoms. The number of methoxy groups -OCH3 is 1. The van der Waals surface area contributed by atoms with E-state index in [0.29, 0.717) is 26.4 Å². The third kappa shape index (κ3) is 4.82. The molecule has 0 bridgehead atoms. The number of furan rings is 1. The molecule has 0 aliphatic carbocycles. The van der Waals surface area contributed by atoms with Crippen LogP contribution in [0.2, 0.25) is 15.1 Å². The van der Waals surface area contributed by atoms with Crippen molar-refractivity contribution in [3.8, 4) is 16.9 Å². The summed E-state index contributed by atoms with van der Waals surface area (Å²) in [6, 6.07) is 16.5. The molecule has 158 valence electrons. The molecule has 0 saturated carbocycles. The molecule has 1 aromatic heterocycles. The zero-order valence-corrected chi connectivity index (χ0v) is 18.7. The molecule has 0 unspecified atom stereocenters. The largest absolute Gasteiger partial charge is 0.488 e. The van der Waals surface area contributed by atoms with Crippen molar-refractivity contribution in [3.05, 3.63) is 87.1 Å². The molecule has 3 aromatic carbocycles. The maximum Gasteiger partial charge on any atom is 0.310 e. The second kappa shape index (κ2) is 9.23. The van der Waals surface area contributed by atoms with Crippen LogP contribution in [0.5, 0.6) is 5.75 Å². The van der Waals surface area contributed by atoms with Crippen molar-refractivity contribution in [1.82, 2.24) is 0 Å². The monoisotopic (exact) mass is 474 g/mol. The fourth-order valence-electron chi connectivity index (χ4n) is 3.24. The third-order valence-corrected chi connectivity index (χ3v) is 5.71. The van der Waals surface area contributed by atoms with E-state index in [1.54, 1.807) is 18.4 Å². The summed E-state index contributed by atoms with van der Waals surface area (Å²) in [5.74, 6) is 0.272. The zero-order chi connectivity index (χ0) is 22.0. The van der Waals surface area contributed by atoms with Gasteiger partial charge in [-0.05, 0) is 35.9 Å². The van der Waals surface area contributed by atoms with Crippen molar-refractivity contribution in [1.29, 1.82) is 0 Å². The summed E-state index contributed by atoms with van der Waals surface area (Å²) in [4.78, 5) is 11.8. The van der Waals surface area contributed by atoms with Gasteiger partial charge < -0.3 is 13.9 Å². The van der Waals surface area contributed by atoms with Crippen molar-refractivity contribution >= 4 is 51.7 Å². The van der Waals surface area contributed by atoms with Crippen LogP contribution >= 0.6 is 34.8 Å². The van der Waals surface area contributed by atoms with Gasteiger partial charge in [-0.1, -0.05) is 53.0 Å². The fraction of sp³-hybridized carbons (Fsp3) is 0.125. The van der Waals surface area contributed by atoms with Crippen LogP contribution in [0.4, 0.5) is 0 Å². The highest BCUT2D eigenvalue weighted by Gasteiger charge is 2.16. The fourth-order valence-corrected chi connectivity index (χ4v) is 3.83. The van der Waals surface area contributed by atoms with Gasteiger partial charge in [-0.15, -0.1) is 0 Å². The zero-order valence-electron chi connectivity index (χ0n) is 16.5. The highest BCUT2D eigenvalue weighted by atomic mass is 35.5. The molecule has 0 radical (unpaired) electrons. The van der Waals surface area contributed by atoms with Gasteiger partial charge in [0.05, 0.1) is 19.8 Å². The molecule has 4 rings (SSSR count). The summed E-state index contributed by atoms with van der Waals surface area (Å²) in [6.07, 6.45) is 1.68. The number of benzene rings is 3. The Morgan fingerprint density at radius 1 is 0.935 bits per heavy atom. The average molecular weight is 476 g/mol. The second-order valence-electron chi connectivity index (χ2n) is 6.89. The summed E-state index contributed by atoms with van der Waals surface area (Å²) in [5, 5.41) is 2.54. The summed E-state index contributed by atoms with van der Waals surface area (Å²) in [5.41, 5.74) is 3.90. The Labute approximate surface area is 194 Å². The Balaban J connectivity index is 1.76. The van der Waals surface area contributed by atoms with Crippen LogP contribution in [0.25, 0.3) is 22.1 Å². The van der Waals surface area contributed by atoms with Crippen molar-refractivity contribution in [2.45, 2.75) is 13.0 Å². The number of esters is 1. The molecule has 0 spiro atoms. The molecule has 0 atom stereocenters. The van der Waals surface area contributed by atoms with Gasteiger partial charge in [-0.25, -0.2) is 0 Å². The van der Waals surface area contributed by atoms with E-state index in [4.69, 9.17) is 48.7 Å². The van der Waals surface area contributed by atoms with Crippen molar-refractivity contribution < 1.29 is 18.7 Å². The quantitative estimate of drug-likeness (QED) is 0.273. The lowest BCUT2D eigenvalue weighted by Crippen LogP contribution is -2.03. The summed E-state index contributed by atoms with van der Waals surface area (Å²) < 4.78 is 16.6. The number of fused-ring (bicyclic) bond motifs is 1. The number of halogens is 3. The molecule has 0 fully saturated rings. The van der Waals surface area contributed by atoms with Gasteiger partial charge in [-0.3, -0.25) is 4.79 Å². The van der Waals surface area contributed by atoms with E-state index in [1.807, 2.05) is 42.5 Å². The SMILES string of the molecule is COC(=O)Cc1coc2cc(OCc3ccc(Cl)cc3Cl)c(-c3ccc(Cl)cc3)cc12. The lowest BCUT2D eigenvalue weighted by atomic mass is 10.0. The first kappa shape index (κ1) is 21.6. The minimum absolute atomic E-state index is 0.115. The lowest BCUT2D eigenvalue weighted by Gasteiger charge is -2.13. The van der Waals surface area contributed by atoms with E-state index in [1.165, 1.54) is 7.11 Å². The topological polar surface area (TPSA) is 48.7 Å². The molecule has 0 amide bonds. The highest BCUT2D eigenvalue weighted by molar-refractivity contribution is 6.35. The Bertz CT molecular complexity index is 1250. The number of rotatable bonds is 6. The molecule has 4 aromatic rings. The van der Waals surface area contributed by atoms with Crippen LogP contribution in [0.15, 0.2) is 65.3 Å². The Kier molecular flexibility index (Phi) is 6.42. The smallest absolute Gasteiger partial charge is 0.310 e. The van der Waals surface area contributed by atoms with Gasteiger partial charge >= 0.3 is 5.97 Å². The third-order valence-electron chi connectivity index (χ3n) is 4.87. The van der Waals surface area contributed by atoms with E-state index in [-0.39, 0.29) is 19.0 Å². The number of carbonyl (C=O) groups is 1. The average Bonchev–Trinajstić information content (AvgIpc) is 3.14. The highest BCUT2D eigenvalue weighted by Crippen LogP contribution is 2.37. The van der Waals surface area contributed by atoms with Crippen molar-refractivity contribution in [3.63, 3.8) is 0 Å². The maximum absolute atomic E-state index is 11.8. The minimum atomic E-state index is -0.339. The Morgan fingerprint density at radius 3 is 2.39 bits per heavy atom. The standard InChI is InChI=1S/C24H17Cl3O4/c1-29-24(28)8-16-13-31-23-11-22(30-12-15-4-7-18(26)9-21(15)27)19(10-20(16)23)14-2-5-17(25)6-3-14/h2-7,9-11,13H,8,12H2,1H3. The first-order valence-electron chi connectivity index (χ1n) is 9.38.